The van der Waals surface area contributed by atoms with Crippen LogP contribution in [0, 0.1) is 0 Å². The Morgan fingerprint density at radius 3 is 2.06 bits per heavy atom. The zero-order valence-corrected chi connectivity index (χ0v) is 10.2. The minimum atomic E-state index is -3.46. The third kappa shape index (κ3) is 3.27. The Balaban J connectivity index is 2.06. The maximum Gasteiger partial charge on any atom is 0.297 e. The highest BCUT2D eigenvalue weighted by Crippen LogP contribution is 2.34. The molecule has 0 aliphatic heterocycles. The van der Waals surface area contributed by atoms with Crippen LogP contribution in [0.1, 0.15) is 5.56 Å². The molecule has 0 fully saturated rings. The second kappa shape index (κ2) is 5.28. The van der Waals surface area contributed by atoms with E-state index in [2.05, 4.69) is 5.09 Å². The summed E-state index contributed by atoms with van der Waals surface area (Å²) in [7, 11) is -3.46. The van der Waals surface area contributed by atoms with Gasteiger partial charge in [0.1, 0.15) is 0 Å². The minimum absolute atomic E-state index is 0.378. The molecule has 2 aromatic carbocycles. The van der Waals surface area contributed by atoms with Crippen molar-refractivity contribution in [3.63, 3.8) is 0 Å². The lowest BCUT2D eigenvalue weighted by Gasteiger charge is -2.13. The minimum Gasteiger partial charge on any atom is -0.330 e. The van der Waals surface area contributed by atoms with Gasteiger partial charge in [-0.25, -0.2) is 5.09 Å². The normalized spacial score (nSPS) is 14.2. The molecule has 0 amide bonds. The molecule has 0 saturated heterocycles. The second-order valence-electron chi connectivity index (χ2n) is 3.73. The summed E-state index contributed by atoms with van der Waals surface area (Å²) in [5.74, 6) is 0. The van der Waals surface area contributed by atoms with Crippen LogP contribution in [-0.4, -0.2) is 4.89 Å². The van der Waals surface area contributed by atoms with Gasteiger partial charge in [0, 0.05) is 6.54 Å². The molecule has 17 heavy (non-hydrogen) atoms. The molecule has 0 aliphatic carbocycles. The number of rotatable bonds is 4. The Hall–Kier alpha value is -1.41. The summed E-state index contributed by atoms with van der Waals surface area (Å²) in [4.78, 5) is 9.89. The summed E-state index contributed by atoms with van der Waals surface area (Å²) in [6.45, 7) is 0.378. The van der Waals surface area contributed by atoms with Gasteiger partial charge in [0.25, 0.3) is 7.52 Å². The van der Waals surface area contributed by atoms with E-state index in [1.165, 1.54) is 0 Å². The van der Waals surface area contributed by atoms with Gasteiger partial charge in [-0.1, -0.05) is 48.5 Å². The third-order valence-electron chi connectivity index (χ3n) is 2.45. The molecule has 2 aromatic rings. The van der Waals surface area contributed by atoms with Gasteiger partial charge in [0.2, 0.25) is 0 Å². The summed E-state index contributed by atoms with van der Waals surface area (Å²) < 4.78 is 12.0. The van der Waals surface area contributed by atoms with E-state index in [0.717, 1.165) is 5.56 Å². The fraction of sp³-hybridized carbons (Fsp3) is 0.0769. The van der Waals surface area contributed by atoms with Crippen LogP contribution < -0.4 is 10.4 Å². The zero-order valence-electron chi connectivity index (χ0n) is 9.28. The Morgan fingerprint density at radius 2 is 1.47 bits per heavy atom. The van der Waals surface area contributed by atoms with Gasteiger partial charge >= 0.3 is 0 Å². The van der Waals surface area contributed by atoms with Gasteiger partial charge in [0.05, 0.1) is 5.30 Å². The van der Waals surface area contributed by atoms with Crippen molar-refractivity contribution < 1.29 is 9.46 Å². The molecular formula is C13H14NO2P. The van der Waals surface area contributed by atoms with E-state index in [1.54, 1.807) is 24.3 Å². The highest BCUT2D eigenvalue weighted by molar-refractivity contribution is 7.64. The van der Waals surface area contributed by atoms with Crippen LogP contribution in [0.4, 0.5) is 0 Å². The molecule has 0 radical (unpaired) electrons. The lowest BCUT2D eigenvalue weighted by Crippen LogP contribution is -2.18. The Kier molecular flexibility index (Phi) is 3.75. The third-order valence-corrected chi connectivity index (χ3v) is 4.03. The smallest absolute Gasteiger partial charge is 0.297 e. The SMILES string of the molecule is O=P(O)(NCc1ccccc1)c1ccccc1. The molecule has 3 nitrogen and oxygen atoms in total. The first-order chi connectivity index (χ1) is 8.18. The molecule has 4 heteroatoms. The quantitative estimate of drug-likeness (QED) is 0.815. The van der Waals surface area contributed by atoms with Crippen LogP contribution >= 0.6 is 7.52 Å². The Morgan fingerprint density at radius 1 is 0.941 bits per heavy atom. The van der Waals surface area contributed by atoms with Crippen molar-refractivity contribution in [3.05, 3.63) is 66.2 Å². The molecule has 0 saturated carbocycles. The van der Waals surface area contributed by atoms with Crippen molar-refractivity contribution in [2.24, 2.45) is 0 Å². The average Bonchev–Trinajstić information content (AvgIpc) is 2.39. The van der Waals surface area contributed by atoms with Gasteiger partial charge in [-0.3, -0.25) is 4.57 Å². The van der Waals surface area contributed by atoms with Crippen LogP contribution in [-0.2, 0) is 11.1 Å². The van der Waals surface area contributed by atoms with Crippen LogP contribution in [0.2, 0.25) is 0 Å². The van der Waals surface area contributed by atoms with Gasteiger partial charge in [-0.2, -0.15) is 0 Å². The first-order valence-corrected chi connectivity index (χ1v) is 7.02. The number of hydrogen-bond donors (Lipinski definition) is 2. The lowest BCUT2D eigenvalue weighted by molar-refractivity contribution is 0.474. The Bertz CT molecular complexity index is 513. The van der Waals surface area contributed by atoms with Crippen LogP contribution in [0.15, 0.2) is 60.7 Å². The largest absolute Gasteiger partial charge is 0.330 e. The molecule has 0 aliphatic rings. The lowest BCUT2D eigenvalue weighted by atomic mass is 10.2. The predicted molar refractivity (Wildman–Crippen MR) is 69.2 cm³/mol. The van der Waals surface area contributed by atoms with Crippen molar-refractivity contribution in [1.82, 2.24) is 5.09 Å². The number of benzene rings is 2. The van der Waals surface area contributed by atoms with Gasteiger partial charge in [-0.15, -0.1) is 0 Å². The molecule has 88 valence electrons. The predicted octanol–water partition coefficient (Wildman–Crippen LogP) is 2.29. The highest BCUT2D eigenvalue weighted by Gasteiger charge is 2.19. The molecule has 0 bridgehead atoms. The summed E-state index contributed by atoms with van der Waals surface area (Å²) in [6, 6.07) is 18.2. The van der Waals surface area contributed by atoms with E-state index in [-0.39, 0.29) is 0 Å². The fourth-order valence-electron chi connectivity index (χ4n) is 1.52. The summed E-state index contributed by atoms with van der Waals surface area (Å²) in [6.07, 6.45) is 0. The molecule has 0 heterocycles. The maximum atomic E-state index is 12.0. The Labute approximate surface area is 101 Å². The number of nitrogens with one attached hydrogen (secondary N) is 1. The maximum absolute atomic E-state index is 12.0. The van der Waals surface area contributed by atoms with E-state index in [1.807, 2.05) is 36.4 Å². The summed E-state index contributed by atoms with van der Waals surface area (Å²) in [5, 5.41) is 3.13. The van der Waals surface area contributed by atoms with E-state index in [0.29, 0.717) is 11.8 Å². The fourth-order valence-corrected chi connectivity index (χ4v) is 2.67. The first-order valence-electron chi connectivity index (χ1n) is 5.36. The van der Waals surface area contributed by atoms with E-state index < -0.39 is 7.52 Å². The van der Waals surface area contributed by atoms with Crippen molar-refractivity contribution in [2.45, 2.75) is 6.54 Å². The standard InChI is InChI=1S/C13H14NO2P/c15-17(16,13-9-5-2-6-10-13)14-11-12-7-3-1-4-8-12/h1-10H,11H2,(H2,14,15,16). The van der Waals surface area contributed by atoms with Crippen LogP contribution in [0.3, 0.4) is 0 Å². The monoisotopic (exact) mass is 247 g/mol. The molecule has 0 aromatic heterocycles. The molecule has 2 rings (SSSR count). The highest BCUT2D eigenvalue weighted by atomic mass is 31.2. The van der Waals surface area contributed by atoms with Crippen molar-refractivity contribution in [3.8, 4) is 0 Å². The summed E-state index contributed by atoms with van der Waals surface area (Å²) in [5.41, 5.74) is 0.984. The van der Waals surface area contributed by atoms with Crippen molar-refractivity contribution in [2.75, 3.05) is 0 Å². The second-order valence-corrected chi connectivity index (χ2v) is 5.72. The molecule has 0 spiro atoms. The van der Waals surface area contributed by atoms with Gasteiger partial charge in [0.15, 0.2) is 0 Å². The number of hydrogen-bond acceptors (Lipinski definition) is 1. The topological polar surface area (TPSA) is 49.3 Å². The molecule has 1 atom stereocenters. The van der Waals surface area contributed by atoms with E-state index >= 15 is 0 Å². The summed E-state index contributed by atoms with van der Waals surface area (Å²) >= 11 is 0. The molecule has 2 N–H and O–H groups in total. The zero-order chi connectivity index (χ0) is 12.1. The first kappa shape index (κ1) is 12.1. The van der Waals surface area contributed by atoms with Gasteiger partial charge < -0.3 is 4.89 Å². The van der Waals surface area contributed by atoms with Crippen LogP contribution in [0.25, 0.3) is 0 Å². The average molecular weight is 247 g/mol. The van der Waals surface area contributed by atoms with Gasteiger partial charge in [-0.05, 0) is 17.7 Å². The van der Waals surface area contributed by atoms with Crippen molar-refractivity contribution in [1.29, 1.82) is 0 Å². The molecular weight excluding hydrogens is 233 g/mol. The van der Waals surface area contributed by atoms with Crippen LogP contribution in [0.5, 0.6) is 0 Å². The molecule has 1 unspecified atom stereocenters. The van der Waals surface area contributed by atoms with E-state index in [9.17, 15) is 9.46 Å². The van der Waals surface area contributed by atoms with Crippen molar-refractivity contribution >= 4 is 12.8 Å². The van der Waals surface area contributed by atoms with E-state index in [4.69, 9.17) is 0 Å².